The number of hydrogen-bond acceptors (Lipinski definition) is 2. The van der Waals surface area contributed by atoms with Crippen LogP contribution in [0.15, 0.2) is 0 Å². The first-order valence-corrected chi connectivity index (χ1v) is 7.76. The van der Waals surface area contributed by atoms with E-state index in [1.165, 1.54) is 0 Å². The van der Waals surface area contributed by atoms with Crippen LogP contribution in [0.1, 0.15) is 48.5 Å². The lowest BCUT2D eigenvalue weighted by molar-refractivity contribution is 0.0934. The molecular weight excluding hydrogens is 192 g/mol. The Hall–Kier alpha value is 0.137. The summed E-state index contributed by atoms with van der Waals surface area (Å²) in [5.41, 5.74) is 0. The van der Waals surface area contributed by atoms with Gasteiger partial charge in [0, 0.05) is 17.2 Å². The standard InChI is InChI=1S/C11H26O2Si/c1-9(2)12-14(8,11(5,6)7)13-10(3)4/h9-10H,1-8H3. The van der Waals surface area contributed by atoms with Crippen LogP contribution in [0.2, 0.25) is 11.6 Å². The molecule has 0 radical (unpaired) electrons. The molecule has 14 heavy (non-hydrogen) atoms. The van der Waals surface area contributed by atoms with E-state index in [1.807, 2.05) is 0 Å². The van der Waals surface area contributed by atoms with Gasteiger partial charge < -0.3 is 8.85 Å². The molecule has 0 rings (SSSR count). The van der Waals surface area contributed by atoms with Gasteiger partial charge in [-0.05, 0) is 34.2 Å². The van der Waals surface area contributed by atoms with Crippen molar-refractivity contribution in [2.24, 2.45) is 0 Å². The summed E-state index contributed by atoms with van der Waals surface area (Å²) >= 11 is 0. The molecule has 0 heterocycles. The van der Waals surface area contributed by atoms with Crippen LogP contribution in [0.5, 0.6) is 0 Å². The summed E-state index contributed by atoms with van der Waals surface area (Å²) in [5, 5.41) is 0.113. The topological polar surface area (TPSA) is 18.5 Å². The summed E-state index contributed by atoms with van der Waals surface area (Å²) in [5.74, 6) is 0. The molecule has 0 aromatic heterocycles. The van der Waals surface area contributed by atoms with Gasteiger partial charge in [0.1, 0.15) is 0 Å². The molecule has 0 aromatic carbocycles. The molecule has 0 N–H and O–H groups in total. The predicted molar refractivity (Wildman–Crippen MR) is 63.8 cm³/mol. The molecule has 0 saturated heterocycles. The van der Waals surface area contributed by atoms with Crippen molar-refractivity contribution in [2.75, 3.05) is 0 Å². The highest BCUT2D eigenvalue weighted by molar-refractivity contribution is 6.69. The SMILES string of the molecule is CC(C)O[Si](C)(OC(C)C)C(C)(C)C. The van der Waals surface area contributed by atoms with Gasteiger partial charge in [-0.1, -0.05) is 20.8 Å². The van der Waals surface area contributed by atoms with Crippen molar-refractivity contribution in [3.63, 3.8) is 0 Å². The molecule has 86 valence electrons. The molecule has 0 aliphatic carbocycles. The fourth-order valence-corrected chi connectivity index (χ4v) is 3.84. The lowest BCUT2D eigenvalue weighted by Gasteiger charge is -2.40. The Kier molecular flexibility index (Phi) is 4.82. The zero-order valence-electron chi connectivity index (χ0n) is 11.0. The van der Waals surface area contributed by atoms with Gasteiger partial charge in [0.2, 0.25) is 0 Å². The molecule has 0 amide bonds. The van der Waals surface area contributed by atoms with Crippen molar-refractivity contribution >= 4 is 8.56 Å². The molecule has 0 atom stereocenters. The Morgan fingerprint density at radius 1 is 0.857 bits per heavy atom. The van der Waals surface area contributed by atoms with Crippen LogP contribution in [0.25, 0.3) is 0 Å². The van der Waals surface area contributed by atoms with Gasteiger partial charge in [0.25, 0.3) is 0 Å². The van der Waals surface area contributed by atoms with Crippen molar-refractivity contribution in [1.82, 2.24) is 0 Å². The minimum absolute atomic E-state index is 0.113. The van der Waals surface area contributed by atoms with Crippen LogP contribution in [0.4, 0.5) is 0 Å². The molecular formula is C11H26O2Si. The van der Waals surface area contributed by atoms with Gasteiger partial charge in [-0.25, -0.2) is 0 Å². The molecule has 0 aromatic rings. The van der Waals surface area contributed by atoms with Gasteiger partial charge in [0.05, 0.1) is 0 Å². The molecule has 2 nitrogen and oxygen atoms in total. The van der Waals surface area contributed by atoms with Gasteiger partial charge in [0.15, 0.2) is 0 Å². The van der Waals surface area contributed by atoms with E-state index < -0.39 is 8.56 Å². The summed E-state index contributed by atoms with van der Waals surface area (Å²) in [7, 11) is -2.08. The smallest absolute Gasteiger partial charge is 0.340 e. The van der Waals surface area contributed by atoms with Crippen molar-refractivity contribution < 1.29 is 8.85 Å². The fraction of sp³-hybridized carbons (Fsp3) is 1.00. The van der Waals surface area contributed by atoms with E-state index in [9.17, 15) is 0 Å². The summed E-state index contributed by atoms with van der Waals surface area (Å²) in [6, 6.07) is 0. The first-order valence-electron chi connectivity index (χ1n) is 5.44. The third-order valence-corrected chi connectivity index (χ3v) is 6.85. The fourth-order valence-electron chi connectivity index (χ4n) is 1.28. The molecule has 0 unspecified atom stereocenters. The highest BCUT2D eigenvalue weighted by Crippen LogP contribution is 2.38. The zero-order chi connectivity index (χ0) is 11.6. The van der Waals surface area contributed by atoms with Gasteiger partial charge >= 0.3 is 8.56 Å². The van der Waals surface area contributed by atoms with Crippen LogP contribution in [0, 0.1) is 0 Å². The third-order valence-electron chi connectivity index (χ3n) is 2.28. The Morgan fingerprint density at radius 3 is 1.29 bits per heavy atom. The van der Waals surface area contributed by atoms with Crippen LogP contribution in [-0.2, 0) is 8.85 Å². The first kappa shape index (κ1) is 14.1. The summed E-state index contributed by atoms with van der Waals surface area (Å²) in [4.78, 5) is 0. The summed E-state index contributed by atoms with van der Waals surface area (Å²) < 4.78 is 12.1. The van der Waals surface area contributed by atoms with Crippen LogP contribution < -0.4 is 0 Å². The normalized spacial score (nSPS) is 14.1. The first-order chi connectivity index (χ1) is 6.08. The monoisotopic (exact) mass is 218 g/mol. The lowest BCUT2D eigenvalue weighted by Crippen LogP contribution is -2.50. The van der Waals surface area contributed by atoms with Crippen molar-refractivity contribution in [3.05, 3.63) is 0 Å². The van der Waals surface area contributed by atoms with E-state index in [1.54, 1.807) is 0 Å². The zero-order valence-corrected chi connectivity index (χ0v) is 12.0. The van der Waals surface area contributed by atoms with E-state index in [0.29, 0.717) is 0 Å². The van der Waals surface area contributed by atoms with Crippen molar-refractivity contribution in [1.29, 1.82) is 0 Å². The number of rotatable bonds is 4. The Morgan fingerprint density at radius 2 is 1.14 bits per heavy atom. The minimum Gasteiger partial charge on any atom is -0.392 e. The maximum Gasteiger partial charge on any atom is 0.340 e. The Balaban J connectivity index is 4.67. The maximum absolute atomic E-state index is 6.03. The van der Waals surface area contributed by atoms with Crippen molar-refractivity contribution in [3.8, 4) is 0 Å². The highest BCUT2D eigenvalue weighted by atomic mass is 28.4. The molecule has 0 aliphatic rings. The molecule has 0 spiro atoms. The molecule has 0 saturated carbocycles. The van der Waals surface area contributed by atoms with Crippen LogP contribution in [0.3, 0.4) is 0 Å². The quantitative estimate of drug-likeness (QED) is 0.670. The van der Waals surface area contributed by atoms with Gasteiger partial charge in [-0.2, -0.15) is 0 Å². The second-order valence-electron chi connectivity index (χ2n) is 5.53. The third kappa shape index (κ3) is 4.11. The van der Waals surface area contributed by atoms with Gasteiger partial charge in [-0.15, -0.1) is 0 Å². The van der Waals surface area contributed by atoms with Crippen LogP contribution in [-0.4, -0.2) is 20.8 Å². The van der Waals surface area contributed by atoms with E-state index in [2.05, 4.69) is 55.0 Å². The van der Waals surface area contributed by atoms with Crippen LogP contribution >= 0.6 is 0 Å². The summed E-state index contributed by atoms with van der Waals surface area (Å²) in [6.07, 6.45) is 0.481. The molecule has 3 heteroatoms. The lowest BCUT2D eigenvalue weighted by atomic mass is 10.2. The second kappa shape index (κ2) is 4.77. The average Bonchev–Trinajstić information content (AvgIpc) is 1.78. The van der Waals surface area contributed by atoms with Gasteiger partial charge in [-0.3, -0.25) is 0 Å². The molecule has 0 fully saturated rings. The highest BCUT2D eigenvalue weighted by Gasteiger charge is 2.46. The predicted octanol–water partition coefficient (Wildman–Crippen LogP) is 3.71. The average molecular weight is 218 g/mol. The van der Waals surface area contributed by atoms with Crippen molar-refractivity contribution in [2.45, 2.75) is 72.3 Å². The second-order valence-corrected chi connectivity index (χ2v) is 9.39. The maximum atomic E-state index is 6.03. The van der Waals surface area contributed by atoms with E-state index in [-0.39, 0.29) is 17.2 Å². The summed E-state index contributed by atoms with van der Waals surface area (Å²) in [6.45, 7) is 17.0. The Bertz CT molecular complexity index is 161. The minimum atomic E-state index is -2.08. The largest absolute Gasteiger partial charge is 0.392 e. The number of hydrogen-bond donors (Lipinski definition) is 0. The van der Waals surface area contributed by atoms with E-state index in [0.717, 1.165) is 0 Å². The van der Waals surface area contributed by atoms with E-state index in [4.69, 9.17) is 8.85 Å². The Labute approximate surface area is 90.2 Å². The molecule has 0 bridgehead atoms. The van der Waals surface area contributed by atoms with E-state index >= 15 is 0 Å². The molecule has 0 aliphatic heterocycles.